The van der Waals surface area contributed by atoms with Gasteiger partial charge >= 0.3 is 6.03 Å². The SMILES string of the molecule is CSCc1cccc(N2C(=O)CNC2=O)c1. The molecular formula is C11H12N2O2S. The number of carbonyl (C=O) groups excluding carboxylic acids is 2. The largest absolute Gasteiger partial charge is 0.329 e. The molecular weight excluding hydrogens is 224 g/mol. The molecule has 1 aliphatic heterocycles. The van der Waals surface area contributed by atoms with Crippen LogP contribution < -0.4 is 10.2 Å². The van der Waals surface area contributed by atoms with Crippen LogP contribution >= 0.6 is 11.8 Å². The lowest BCUT2D eigenvalue weighted by molar-refractivity contribution is -0.115. The summed E-state index contributed by atoms with van der Waals surface area (Å²) in [5.41, 5.74) is 1.75. The van der Waals surface area contributed by atoms with Crippen LogP contribution in [0.5, 0.6) is 0 Å². The lowest BCUT2D eigenvalue weighted by Gasteiger charge is -2.13. The molecule has 1 aromatic carbocycles. The summed E-state index contributed by atoms with van der Waals surface area (Å²) >= 11 is 1.70. The molecule has 1 fully saturated rings. The van der Waals surface area contributed by atoms with Gasteiger partial charge in [-0.3, -0.25) is 4.79 Å². The first-order chi connectivity index (χ1) is 7.72. The molecule has 1 saturated heterocycles. The fourth-order valence-electron chi connectivity index (χ4n) is 1.64. The van der Waals surface area contributed by atoms with Crippen molar-refractivity contribution in [3.8, 4) is 0 Å². The fourth-order valence-corrected chi connectivity index (χ4v) is 2.15. The lowest BCUT2D eigenvalue weighted by Crippen LogP contribution is -2.30. The molecule has 0 bridgehead atoms. The van der Waals surface area contributed by atoms with Gasteiger partial charge in [-0.2, -0.15) is 11.8 Å². The number of anilines is 1. The Hall–Kier alpha value is -1.49. The van der Waals surface area contributed by atoms with Crippen molar-refractivity contribution in [1.82, 2.24) is 5.32 Å². The lowest BCUT2D eigenvalue weighted by atomic mass is 10.2. The molecule has 1 heterocycles. The number of imide groups is 1. The van der Waals surface area contributed by atoms with Gasteiger partial charge in [-0.15, -0.1) is 0 Å². The third-order valence-electron chi connectivity index (χ3n) is 2.32. The monoisotopic (exact) mass is 236 g/mol. The fraction of sp³-hybridized carbons (Fsp3) is 0.273. The van der Waals surface area contributed by atoms with E-state index >= 15 is 0 Å². The molecule has 0 unspecified atom stereocenters. The number of urea groups is 1. The Bertz CT molecular complexity index is 418. The predicted molar refractivity (Wildman–Crippen MR) is 64.5 cm³/mol. The molecule has 0 radical (unpaired) electrons. The normalized spacial score (nSPS) is 15.4. The van der Waals surface area contributed by atoms with Crippen LogP contribution in [0.2, 0.25) is 0 Å². The van der Waals surface area contributed by atoms with Crippen LogP contribution in [0.1, 0.15) is 5.56 Å². The summed E-state index contributed by atoms with van der Waals surface area (Å²) in [6.07, 6.45) is 2.01. The van der Waals surface area contributed by atoms with E-state index in [4.69, 9.17) is 0 Å². The standard InChI is InChI=1S/C11H12N2O2S/c1-16-7-8-3-2-4-9(5-8)13-10(14)6-12-11(13)15/h2-5H,6-7H2,1H3,(H,12,15). The van der Waals surface area contributed by atoms with Crippen molar-refractivity contribution in [2.75, 3.05) is 17.7 Å². The van der Waals surface area contributed by atoms with Crippen molar-refractivity contribution in [1.29, 1.82) is 0 Å². The Labute approximate surface area is 98.0 Å². The molecule has 3 amide bonds. The second-order valence-corrected chi connectivity index (χ2v) is 4.36. The minimum absolute atomic E-state index is 0.0889. The molecule has 0 aromatic heterocycles. The van der Waals surface area contributed by atoms with Gasteiger partial charge in [0, 0.05) is 5.75 Å². The summed E-state index contributed by atoms with van der Waals surface area (Å²) in [4.78, 5) is 24.1. The number of thioether (sulfide) groups is 1. The second-order valence-electron chi connectivity index (χ2n) is 3.49. The quantitative estimate of drug-likeness (QED) is 0.811. The Balaban J connectivity index is 2.29. The number of benzene rings is 1. The highest BCUT2D eigenvalue weighted by Crippen LogP contribution is 2.20. The number of nitrogens with one attached hydrogen (secondary N) is 1. The van der Waals surface area contributed by atoms with Crippen LogP contribution in [0.15, 0.2) is 24.3 Å². The molecule has 0 saturated carbocycles. The van der Waals surface area contributed by atoms with Crippen molar-refractivity contribution in [3.63, 3.8) is 0 Å². The number of carbonyl (C=O) groups is 2. The first-order valence-electron chi connectivity index (χ1n) is 4.91. The number of hydrogen-bond donors (Lipinski definition) is 1. The van der Waals surface area contributed by atoms with Gasteiger partial charge in [-0.25, -0.2) is 9.69 Å². The predicted octanol–water partition coefficient (Wildman–Crippen LogP) is 1.61. The minimum Gasteiger partial charge on any atom is -0.328 e. The number of hydrogen-bond acceptors (Lipinski definition) is 3. The number of amides is 3. The van der Waals surface area contributed by atoms with Gasteiger partial charge in [-0.1, -0.05) is 12.1 Å². The van der Waals surface area contributed by atoms with Gasteiger partial charge < -0.3 is 5.32 Å². The van der Waals surface area contributed by atoms with E-state index in [1.807, 2.05) is 24.5 Å². The molecule has 0 spiro atoms. The molecule has 1 aliphatic rings. The number of nitrogens with zero attached hydrogens (tertiary/aromatic N) is 1. The van der Waals surface area contributed by atoms with Crippen molar-refractivity contribution in [3.05, 3.63) is 29.8 Å². The van der Waals surface area contributed by atoms with Gasteiger partial charge in [0.25, 0.3) is 5.91 Å². The summed E-state index contributed by atoms with van der Waals surface area (Å²) in [5.74, 6) is 0.670. The zero-order chi connectivity index (χ0) is 11.5. The van der Waals surface area contributed by atoms with E-state index in [2.05, 4.69) is 5.32 Å². The maximum Gasteiger partial charge on any atom is 0.329 e. The van der Waals surface area contributed by atoms with Crippen LogP contribution in [-0.4, -0.2) is 24.7 Å². The first-order valence-corrected chi connectivity index (χ1v) is 6.30. The van der Waals surface area contributed by atoms with E-state index in [0.717, 1.165) is 11.3 Å². The Kier molecular flexibility index (Phi) is 3.14. The van der Waals surface area contributed by atoms with Crippen molar-refractivity contribution in [2.45, 2.75) is 5.75 Å². The molecule has 0 aliphatic carbocycles. The van der Waals surface area contributed by atoms with Gasteiger partial charge in [-0.05, 0) is 24.0 Å². The molecule has 84 valence electrons. The summed E-state index contributed by atoms with van der Waals surface area (Å²) < 4.78 is 0. The smallest absolute Gasteiger partial charge is 0.328 e. The molecule has 0 atom stereocenters. The summed E-state index contributed by atoms with van der Waals surface area (Å²) in [5, 5.41) is 2.50. The zero-order valence-corrected chi connectivity index (χ0v) is 9.71. The molecule has 2 rings (SSSR count). The Morgan fingerprint density at radius 1 is 1.44 bits per heavy atom. The summed E-state index contributed by atoms with van der Waals surface area (Å²) in [7, 11) is 0. The Morgan fingerprint density at radius 2 is 2.25 bits per heavy atom. The topological polar surface area (TPSA) is 49.4 Å². The summed E-state index contributed by atoms with van der Waals surface area (Å²) in [6.45, 7) is 0.0889. The van der Waals surface area contributed by atoms with E-state index < -0.39 is 0 Å². The second kappa shape index (κ2) is 4.57. The van der Waals surface area contributed by atoms with Crippen LogP contribution in [0.25, 0.3) is 0 Å². The van der Waals surface area contributed by atoms with Gasteiger partial charge in [0.15, 0.2) is 0 Å². The average Bonchev–Trinajstić information content (AvgIpc) is 2.59. The average molecular weight is 236 g/mol. The van der Waals surface area contributed by atoms with Crippen molar-refractivity contribution < 1.29 is 9.59 Å². The Morgan fingerprint density at radius 3 is 2.88 bits per heavy atom. The molecule has 5 heteroatoms. The first kappa shape index (κ1) is 11.0. The van der Waals surface area contributed by atoms with E-state index in [1.165, 1.54) is 4.90 Å². The third kappa shape index (κ3) is 2.04. The van der Waals surface area contributed by atoms with Gasteiger partial charge in [0.1, 0.15) is 0 Å². The van der Waals surface area contributed by atoms with E-state index in [1.54, 1.807) is 17.8 Å². The third-order valence-corrected chi connectivity index (χ3v) is 2.95. The number of rotatable bonds is 3. The van der Waals surface area contributed by atoms with E-state index in [0.29, 0.717) is 5.69 Å². The van der Waals surface area contributed by atoms with Crippen LogP contribution in [-0.2, 0) is 10.5 Å². The van der Waals surface area contributed by atoms with Gasteiger partial charge in [0.05, 0.1) is 12.2 Å². The minimum atomic E-state index is -0.341. The molecule has 1 N–H and O–H groups in total. The van der Waals surface area contributed by atoms with Crippen LogP contribution in [0.3, 0.4) is 0 Å². The van der Waals surface area contributed by atoms with Gasteiger partial charge in [0.2, 0.25) is 0 Å². The zero-order valence-electron chi connectivity index (χ0n) is 8.90. The summed E-state index contributed by atoms with van der Waals surface area (Å²) in [6, 6.07) is 7.15. The highest BCUT2D eigenvalue weighted by Gasteiger charge is 2.29. The maximum absolute atomic E-state index is 11.5. The van der Waals surface area contributed by atoms with E-state index in [9.17, 15) is 9.59 Å². The maximum atomic E-state index is 11.5. The van der Waals surface area contributed by atoms with Crippen molar-refractivity contribution >= 4 is 29.4 Å². The van der Waals surface area contributed by atoms with Crippen LogP contribution in [0.4, 0.5) is 10.5 Å². The molecule has 4 nitrogen and oxygen atoms in total. The molecule has 16 heavy (non-hydrogen) atoms. The highest BCUT2D eigenvalue weighted by atomic mass is 32.2. The van der Waals surface area contributed by atoms with Crippen LogP contribution in [0, 0.1) is 0 Å². The highest BCUT2D eigenvalue weighted by molar-refractivity contribution is 7.97. The van der Waals surface area contributed by atoms with Crippen molar-refractivity contribution in [2.24, 2.45) is 0 Å². The van der Waals surface area contributed by atoms with E-state index in [-0.39, 0.29) is 18.5 Å². The molecule has 1 aromatic rings.